The number of hydrogen-bond acceptors (Lipinski definition) is 4. The molecule has 0 aliphatic carbocycles. The van der Waals surface area contributed by atoms with Crippen LogP contribution in [0.1, 0.15) is 28.8 Å². The molecule has 0 aliphatic rings. The summed E-state index contributed by atoms with van der Waals surface area (Å²) in [6.45, 7) is 1.83. The second kappa shape index (κ2) is 7.28. The van der Waals surface area contributed by atoms with Crippen LogP contribution in [-0.2, 0) is 9.59 Å². The van der Waals surface area contributed by atoms with Gasteiger partial charge in [0.1, 0.15) is 11.8 Å². The van der Waals surface area contributed by atoms with Crippen molar-refractivity contribution in [1.82, 2.24) is 5.32 Å². The van der Waals surface area contributed by atoms with Crippen LogP contribution in [0.4, 0.5) is 0 Å². The minimum atomic E-state index is -1.22. The van der Waals surface area contributed by atoms with E-state index in [9.17, 15) is 14.4 Å². The smallest absolute Gasteiger partial charge is 0.326 e. The molecule has 1 aromatic carbocycles. The molecule has 0 aliphatic heterocycles. The second-order valence-electron chi connectivity index (χ2n) is 4.55. The predicted molar refractivity (Wildman–Crippen MR) is 75.0 cm³/mol. The fourth-order valence-corrected chi connectivity index (χ4v) is 1.75. The van der Waals surface area contributed by atoms with Crippen LogP contribution >= 0.6 is 0 Å². The van der Waals surface area contributed by atoms with Gasteiger partial charge in [0.15, 0.2) is 0 Å². The number of primary amides is 1. The van der Waals surface area contributed by atoms with Gasteiger partial charge in [0.25, 0.3) is 5.91 Å². The molecule has 0 aromatic heterocycles. The van der Waals surface area contributed by atoms with Crippen molar-refractivity contribution < 1.29 is 24.2 Å². The zero-order valence-electron chi connectivity index (χ0n) is 11.9. The lowest BCUT2D eigenvalue weighted by Gasteiger charge is -2.14. The highest BCUT2D eigenvalue weighted by molar-refractivity contribution is 5.97. The molecule has 0 saturated heterocycles. The summed E-state index contributed by atoms with van der Waals surface area (Å²) in [6.07, 6.45) is -0.173. The summed E-state index contributed by atoms with van der Waals surface area (Å²) in [5, 5.41) is 11.4. The highest BCUT2D eigenvalue weighted by Crippen LogP contribution is 2.19. The molecule has 0 fully saturated rings. The zero-order valence-corrected chi connectivity index (χ0v) is 11.9. The lowest BCUT2D eigenvalue weighted by atomic mass is 10.1. The third-order valence-electron chi connectivity index (χ3n) is 2.95. The van der Waals surface area contributed by atoms with Crippen molar-refractivity contribution in [3.05, 3.63) is 29.3 Å². The standard InChI is InChI=1S/C14H18N2O5/c1-8-3-4-9(7-11(8)21-2)13(18)16-10(14(19)20)5-6-12(15)17/h3-4,7,10H,5-6H2,1-2H3,(H2,15,17)(H,16,18)(H,19,20). The minimum absolute atomic E-state index is 0.0561. The Morgan fingerprint density at radius 3 is 2.57 bits per heavy atom. The first-order chi connectivity index (χ1) is 9.85. The van der Waals surface area contributed by atoms with Gasteiger partial charge in [-0.2, -0.15) is 0 Å². The van der Waals surface area contributed by atoms with E-state index in [1.807, 2.05) is 6.92 Å². The van der Waals surface area contributed by atoms with E-state index in [0.717, 1.165) is 5.56 Å². The number of nitrogens with two attached hydrogens (primary N) is 1. The quantitative estimate of drug-likeness (QED) is 0.674. The van der Waals surface area contributed by atoms with Crippen molar-refractivity contribution >= 4 is 17.8 Å². The number of nitrogens with one attached hydrogen (secondary N) is 1. The molecule has 0 spiro atoms. The average molecular weight is 294 g/mol. The van der Waals surface area contributed by atoms with E-state index < -0.39 is 23.8 Å². The van der Waals surface area contributed by atoms with Gasteiger partial charge in [-0.05, 0) is 31.0 Å². The normalized spacial score (nSPS) is 11.5. The minimum Gasteiger partial charge on any atom is -0.496 e. The molecule has 0 bridgehead atoms. The first kappa shape index (κ1) is 16.5. The Kier molecular flexibility index (Phi) is 5.71. The largest absolute Gasteiger partial charge is 0.496 e. The number of carboxylic acids is 1. The van der Waals surface area contributed by atoms with Gasteiger partial charge >= 0.3 is 5.97 Å². The molecule has 0 saturated carbocycles. The van der Waals surface area contributed by atoms with Crippen molar-refractivity contribution in [2.45, 2.75) is 25.8 Å². The summed E-state index contributed by atoms with van der Waals surface area (Å²) in [5.41, 5.74) is 6.12. The molecule has 21 heavy (non-hydrogen) atoms. The van der Waals surface area contributed by atoms with Crippen LogP contribution in [0.5, 0.6) is 5.75 Å². The van der Waals surface area contributed by atoms with Gasteiger partial charge in [0.2, 0.25) is 5.91 Å². The van der Waals surface area contributed by atoms with E-state index in [2.05, 4.69) is 5.32 Å². The molecule has 1 aromatic rings. The Morgan fingerprint density at radius 1 is 1.38 bits per heavy atom. The van der Waals surface area contributed by atoms with Crippen LogP contribution < -0.4 is 15.8 Å². The molecule has 7 nitrogen and oxygen atoms in total. The van der Waals surface area contributed by atoms with Crippen LogP contribution in [0, 0.1) is 6.92 Å². The van der Waals surface area contributed by atoms with E-state index in [0.29, 0.717) is 5.75 Å². The summed E-state index contributed by atoms with van der Waals surface area (Å²) in [6, 6.07) is 3.63. The molecule has 7 heteroatoms. The molecule has 1 atom stereocenters. The Labute approximate surface area is 122 Å². The van der Waals surface area contributed by atoms with Gasteiger partial charge in [-0.15, -0.1) is 0 Å². The lowest BCUT2D eigenvalue weighted by molar-refractivity contribution is -0.139. The number of carboxylic acid groups (broad SMARTS) is 1. The summed E-state index contributed by atoms with van der Waals surface area (Å²) in [5.74, 6) is -1.85. The van der Waals surface area contributed by atoms with Gasteiger partial charge < -0.3 is 20.9 Å². The summed E-state index contributed by atoms with van der Waals surface area (Å²) in [7, 11) is 1.48. The van der Waals surface area contributed by atoms with Crippen LogP contribution in [0.2, 0.25) is 0 Å². The molecule has 114 valence electrons. The number of hydrogen-bond donors (Lipinski definition) is 3. The van der Waals surface area contributed by atoms with Crippen LogP contribution in [0.3, 0.4) is 0 Å². The summed E-state index contributed by atoms with van der Waals surface area (Å²) in [4.78, 5) is 33.8. The van der Waals surface area contributed by atoms with Crippen LogP contribution in [-0.4, -0.2) is 36.0 Å². The SMILES string of the molecule is COc1cc(C(=O)NC(CCC(N)=O)C(=O)O)ccc1C. The van der Waals surface area contributed by atoms with Crippen molar-refractivity contribution in [1.29, 1.82) is 0 Å². The number of aliphatic carboxylic acids is 1. The molecular weight excluding hydrogens is 276 g/mol. The van der Waals surface area contributed by atoms with E-state index in [-0.39, 0.29) is 18.4 Å². The van der Waals surface area contributed by atoms with E-state index in [1.165, 1.54) is 13.2 Å². The maximum atomic E-state index is 12.0. The monoisotopic (exact) mass is 294 g/mol. The second-order valence-corrected chi connectivity index (χ2v) is 4.55. The highest BCUT2D eigenvalue weighted by Gasteiger charge is 2.21. The fraction of sp³-hybridized carbons (Fsp3) is 0.357. The summed E-state index contributed by atoms with van der Waals surface area (Å²) >= 11 is 0. The fourth-order valence-electron chi connectivity index (χ4n) is 1.75. The third-order valence-corrected chi connectivity index (χ3v) is 2.95. The van der Waals surface area contributed by atoms with Gasteiger partial charge in [0.05, 0.1) is 7.11 Å². The summed E-state index contributed by atoms with van der Waals surface area (Å²) < 4.78 is 5.11. The maximum Gasteiger partial charge on any atom is 0.326 e. The Balaban J connectivity index is 2.81. The van der Waals surface area contributed by atoms with Crippen LogP contribution in [0.15, 0.2) is 18.2 Å². The Bertz CT molecular complexity index is 556. The lowest BCUT2D eigenvalue weighted by Crippen LogP contribution is -2.41. The van der Waals surface area contributed by atoms with Crippen LogP contribution in [0.25, 0.3) is 0 Å². The van der Waals surface area contributed by atoms with Gasteiger partial charge in [-0.1, -0.05) is 6.07 Å². The number of ether oxygens (including phenoxy) is 1. The number of amides is 2. The number of carbonyl (C=O) groups excluding carboxylic acids is 2. The molecule has 1 rings (SSSR count). The number of aryl methyl sites for hydroxylation is 1. The van der Waals surface area contributed by atoms with E-state index in [1.54, 1.807) is 12.1 Å². The zero-order chi connectivity index (χ0) is 16.0. The number of rotatable bonds is 7. The van der Waals surface area contributed by atoms with Gasteiger partial charge in [0, 0.05) is 12.0 Å². The highest BCUT2D eigenvalue weighted by atomic mass is 16.5. The number of methoxy groups -OCH3 is 1. The van der Waals surface area contributed by atoms with Crippen molar-refractivity contribution in [2.24, 2.45) is 5.73 Å². The number of carbonyl (C=O) groups is 3. The average Bonchev–Trinajstić information content (AvgIpc) is 2.43. The molecule has 0 heterocycles. The first-order valence-corrected chi connectivity index (χ1v) is 6.31. The van der Waals surface area contributed by atoms with E-state index in [4.69, 9.17) is 15.6 Å². The first-order valence-electron chi connectivity index (χ1n) is 6.31. The molecular formula is C14H18N2O5. The van der Waals surface area contributed by atoms with Gasteiger partial charge in [-0.25, -0.2) is 4.79 Å². The Morgan fingerprint density at radius 2 is 2.05 bits per heavy atom. The van der Waals surface area contributed by atoms with Crippen molar-refractivity contribution in [3.8, 4) is 5.75 Å². The van der Waals surface area contributed by atoms with Gasteiger partial charge in [-0.3, -0.25) is 9.59 Å². The van der Waals surface area contributed by atoms with E-state index >= 15 is 0 Å². The predicted octanol–water partition coefficient (Wildman–Crippen LogP) is 0.452. The van der Waals surface area contributed by atoms with Crippen molar-refractivity contribution in [3.63, 3.8) is 0 Å². The Hall–Kier alpha value is -2.57. The van der Waals surface area contributed by atoms with Crippen molar-refractivity contribution in [2.75, 3.05) is 7.11 Å². The molecule has 1 unspecified atom stereocenters. The topological polar surface area (TPSA) is 119 Å². The molecule has 4 N–H and O–H groups in total. The number of benzene rings is 1. The maximum absolute atomic E-state index is 12.0. The molecule has 0 radical (unpaired) electrons. The third kappa shape index (κ3) is 4.79. The molecule has 2 amide bonds.